The average Bonchev–Trinajstić information content (AvgIpc) is 2.39. The fraction of sp³-hybridized carbons (Fsp3) is 0.692. The van der Waals surface area contributed by atoms with Crippen molar-refractivity contribution in [1.29, 1.82) is 0 Å². The summed E-state index contributed by atoms with van der Waals surface area (Å²) in [5.74, 6) is -0.579. The maximum absolute atomic E-state index is 11.4. The van der Waals surface area contributed by atoms with E-state index in [2.05, 4.69) is 0 Å². The van der Waals surface area contributed by atoms with Gasteiger partial charge >= 0.3 is 5.97 Å². The van der Waals surface area contributed by atoms with Crippen LogP contribution in [0.2, 0.25) is 0 Å². The highest BCUT2D eigenvalue weighted by atomic mass is 16.5. The highest BCUT2D eigenvalue weighted by Crippen LogP contribution is 2.17. The van der Waals surface area contributed by atoms with Gasteiger partial charge in [0.15, 0.2) is 0 Å². The Morgan fingerprint density at radius 2 is 2.17 bits per heavy atom. The molecule has 1 heterocycles. The largest absolute Gasteiger partial charge is 0.466 e. The van der Waals surface area contributed by atoms with Crippen molar-refractivity contribution < 1.29 is 14.3 Å². The summed E-state index contributed by atoms with van der Waals surface area (Å²) < 4.78 is 4.70. The molecular formula is C13H22N2O3. The van der Waals surface area contributed by atoms with Gasteiger partial charge in [-0.15, -0.1) is 0 Å². The SMILES string of the molecule is CCC(=CCN1CCCCC1C(N)=O)C(=O)OC. The van der Waals surface area contributed by atoms with Gasteiger partial charge in [-0.25, -0.2) is 4.79 Å². The molecule has 2 N–H and O–H groups in total. The third-order valence-electron chi connectivity index (χ3n) is 3.34. The van der Waals surface area contributed by atoms with Crippen LogP contribution in [0.15, 0.2) is 11.6 Å². The number of piperidine rings is 1. The second-order valence-corrected chi connectivity index (χ2v) is 4.48. The van der Waals surface area contributed by atoms with Crippen LogP contribution in [0.25, 0.3) is 0 Å². The van der Waals surface area contributed by atoms with Crippen LogP contribution < -0.4 is 5.73 Å². The fourth-order valence-corrected chi connectivity index (χ4v) is 2.26. The minimum absolute atomic E-state index is 0.203. The predicted molar refractivity (Wildman–Crippen MR) is 68.8 cm³/mol. The quantitative estimate of drug-likeness (QED) is 0.583. The second kappa shape index (κ2) is 7.16. The number of nitrogens with zero attached hydrogens (tertiary/aromatic N) is 1. The summed E-state index contributed by atoms with van der Waals surface area (Å²) in [6.45, 7) is 3.33. The molecule has 0 saturated carbocycles. The van der Waals surface area contributed by atoms with Gasteiger partial charge in [-0.1, -0.05) is 19.4 Å². The summed E-state index contributed by atoms with van der Waals surface area (Å²) in [7, 11) is 1.37. The molecule has 1 aliphatic heterocycles. The summed E-state index contributed by atoms with van der Waals surface area (Å²) in [4.78, 5) is 24.8. The molecule has 1 unspecified atom stereocenters. The van der Waals surface area contributed by atoms with Crippen molar-refractivity contribution in [3.8, 4) is 0 Å². The minimum atomic E-state index is -0.301. The number of rotatable bonds is 5. The van der Waals surface area contributed by atoms with Crippen LogP contribution in [0.4, 0.5) is 0 Å². The van der Waals surface area contributed by atoms with Crippen molar-refractivity contribution in [2.45, 2.75) is 38.6 Å². The summed E-state index contributed by atoms with van der Waals surface area (Å²) >= 11 is 0. The lowest BCUT2D eigenvalue weighted by atomic mass is 10.0. The summed E-state index contributed by atoms with van der Waals surface area (Å²) in [5.41, 5.74) is 6.03. The van der Waals surface area contributed by atoms with Gasteiger partial charge in [0, 0.05) is 12.1 Å². The van der Waals surface area contributed by atoms with Crippen LogP contribution >= 0.6 is 0 Å². The number of primary amides is 1. The molecule has 18 heavy (non-hydrogen) atoms. The normalized spacial score (nSPS) is 21.7. The first-order valence-corrected chi connectivity index (χ1v) is 6.40. The third kappa shape index (κ3) is 3.84. The molecule has 1 rings (SSSR count). The molecule has 5 heteroatoms. The number of hydrogen-bond acceptors (Lipinski definition) is 4. The lowest BCUT2D eigenvalue weighted by Crippen LogP contribution is -2.47. The van der Waals surface area contributed by atoms with Crippen LogP contribution in [-0.2, 0) is 14.3 Å². The number of carbonyl (C=O) groups is 2. The van der Waals surface area contributed by atoms with Gasteiger partial charge in [0.1, 0.15) is 0 Å². The predicted octanol–water partition coefficient (Wildman–Crippen LogP) is 0.836. The van der Waals surface area contributed by atoms with Gasteiger partial charge in [0.2, 0.25) is 5.91 Å². The number of likely N-dealkylation sites (tertiary alicyclic amines) is 1. The zero-order valence-electron chi connectivity index (χ0n) is 11.1. The van der Waals surface area contributed by atoms with Crippen molar-refractivity contribution >= 4 is 11.9 Å². The van der Waals surface area contributed by atoms with Crippen LogP contribution in [0, 0.1) is 0 Å². The topological polar surface area (TPSA) is 72.6 Å². The molecule has 0 aliphatic carbocycles. The highest BCUT2D eigenvalue weighted by molar-refractivity contribution is 5.88. The zero-order chi connectivity index (χ0) is 13.5. The van der Waals surface area contributed by atoms with Crippen LogP contribution in [0.3, 0.4) is 0 Å². The molecule has 1 saturated heterocycles. The first-order chi connectivity index (χ1) is 8.60. The fourth-order valence-electron chi connectivity index (χ4n) is 2.26. The molecule has 0 radical (unpaired) electrons. The maximum atomic E-state index is 11.4. The van der Waals surface area contributed by atoms with Gasteiger partial charge in [-0.2, -0.15) is 0 Å². The number of esters is 1. The molecule has 0 aromatic rings. The first kappa shape index (κ1) is 14.7. The Hall–Kier alpha value is -1.36. The smallest absolute Gasteiger partial charge is 0.333 e. The number of hydrogen-bond donors (Lipinski definition) is 1. The molecule has 0 aromatic heterocycles. The number of methoxy groups -OCH3 is 1. The second-order valence-electron chi connectivity index (χ2n) is 4.48. The average molecular weight is 254 g/mol. The monoisotopic (exact) mass is 254 g/mol. The standard InChI is InChI=1S/C13H22N2O3/c1-3-10(13(17)18-2)7-9-15-8-5-4-6-11(15)12(14)16/h7,11H,3-6,8-9H2,1-2H3,(H2,14,16). The van der Waals surface area contributed by atoms with Crippen LogP contribution in [-0.4, -0.2) is 43.0 Å². The van der Waals surface area contributed by atoms with Crippen molar-refractivity contribution in [2.75, 3.05) is 20.2 Å². The third-order valence-corrected chi connectivity index (χ3v) is 3.34. The zero-order valence-corrected chi connectivity index (χ0v) is 11.1. The number of amides is 1. The Balaban J connectivity index is 2.66. The van der Waals surface area contributed by atoms with E-state index in [1.165, 1.54) is 7.11 Å². The van der Waals surface area contributed by atoms with Gasteiger partial charge < -0.3 is 10.5 Å². The Labute approximate surface area is 108 Å². The van der Waals surface area contributed by atoms with Gasteiger partial charge in [-0.3, -0.25) is 9.69 Å². The Morgan fingerprint density at radius 3 is 2.72 bits per heavy atom. The summed E-state index contributed by atoms with van der Waals surface area (Å²) in [5, 5.41) is 0. The molecule has 0 spiro atoms. The van der Waals surface area contributed by atoms with E-state index in [9.17, 15) is 9.59 Å². The highest BCUT2D eigenvalue weighted by Gasteiger charge is 2.26. The lowest BCUT2D eigenvalue weighted by molar-refractivity contribution is -0.136. The lowest BCUT2D eigenvalue weighted by Gasteiger charge is -2.32. The van der Waals surface area contributed by atoms with Gasteiger partial charge in [-0.05, 0) is 25.8 Å². The van der Waals surface area contributed by atoms with Crippen LogP contribution in [0.5, 0.6) is 0 Å². The minimum Gasteiger partial charge on any atom is -0.466 e. The van der Waals surface area contributed by atoms with E-state index in [-0.39, 0.29) is 17.9 Å². The molecule has 5 nitrogen and oxygen atoms in total. The molecule has 0 aromatic carbocycles. The Kier molecular flexibility index (Phi) is 5.85. The van der Waals surface area contributed by atoms with Crippen LogP contribution in [0.1, 0.15) is 32.6 Å². The Bertz CT molecular complexity index is 339. The Morgan fingerprint density at radius 1 is 1.44 bits per heavy atom. The van der Waals surface area contributed by atoms with Crippen molar-refractivity contribution in [2.24, 2.45) is 5.73 Å². The molecule has 0 bridgehead atoms. The van der Waals surface area contributed by atoms with E-state index in [0.717, 1.165) is 25.8 Å². The first-order valence-electron chi connectivity index (χ1n) is 6.40. The number of ether oxygens (including phenoxy) is 1. The molecule has 1 aliphatic rings. The molecule has 1 amide bonds. The summed E-state index contributed by atoms with van der Waals surface area (Å²) in [6.07, 6.45) is 5.38. The van der Waals surface area contributed by atoms with Crippen molar-refractivity contribution in [1.82, 2.24) is 4.90 Å². The molecule has 102 valence electrons. The van der Waals surface area contributed by atoms with E-state index in [0.29, 0.717) is 18.5 Å². The van der Waals surface area contributed by atoms with E-state index >= 15 is 0 Å². The molecule has 1 atom stereocenters. The van der Waals surface area contributed by atoms with Crippen molar-refractivity contribution in [3.05, 3.63) is 11.6 Å². The number of carbonyl (C=O) groups excluding carboxylic acids is 2. The van der Waals surface area contributed by atoms with Gasteiger partial charge in [0.25, 0.3) is 0 Å². The van der Waals surface area contributed by atoms with E-state index < -0.39 is 0 Å². The van der Waals surface area contributed by atoms with E-state index in [1.807, 2.05) is 17.9 Å². The summed E-state index contributed by atoms with van der Waals surface area (Å²) in [6, 6.07) is -0.203. The van der Waals surface area contributed by atoms with Gasteiger partial charge in [0.05, 0.1) is 13.2 Å². The van der Waals surface area contributed by atoms with Crippen molar-refractivity contribution in [3.63, 3.8) is 0 Å². The molecule has 1 fully saturated rings. The number of nitrogens with two attached hydrogens (primary N) is 1. The van der Waals surface area contributed by atoms with E-state index in [1.54, 1.807) is 0 Å². The molecular weight excluding hydrogens is 232 g/mol. The van der Waals surface area contributed by atoms with E-state index in [4.69, 9.17) is 10.5 Å². The maximum Gasteiger partial charge on any atom is 0.333 e.